The Bertz CT molecular complexity index is 358. The molecule has 0 aliphatic heterocycles. The number of rotatable bonds is 6. The van der Waals surface area contributed by atoms with Gasteiger partial charge in [-0.2, -0.15) is 0 Å². The Labute approximate surface area is 96.1 Å². The Hall–Kier alpha value is -1.51. The average Bonchev–Trinajstić information content (AvgIpc) is 2.29. The van der Waals surface area contributed by atoms with Crippen LogP contribution in [0.25, 0.3) is 0 Å². The summed E-state index contributed by atoms with van der Waals surface area (Å²) >= 11 is 0. The molecule has 0 amide bonds. The minimum atomic E-state index is -0.0578. The van der Waals surface area contributed by atoms with Gasteiger partial charge in [0.1, 0.15) is 11.5 Å². The summed E-state index contributed by atoms with van der Waals surface area (Å²) in [5.74, 6) is 0.553. The maximum atomic E-state index is 11.4. The first kappa shape index (κ1) is 12.6. The van der Waals surface area contributed by atoms with Crippen molar-refractivity contribution in [1.29, 1.82) is 0 Å². The number of Topliss-reactive ketones (excluding diaryl/α,β-unsaturated/α-hetero) is 1. The highest BCUT2D eigenvalue weighted by molar-refractivity contribution is 5.98. The molecule has 3 nitrogen and oxygen atoms in total. The predicted octanol–water partition coefficient (Wildman–Crippen LogP) is 3.16. The van der Waals surface area contributed by atoms with Gasteiger partial charge in [-0.3, -0.25) is 4.79 Å². The van der Waals surface area contributed by atoms with Gasteiger partial charge < -0.3 is 9.84 Å². The highest BCUT2D eigenvalue weighted by atomic mass is 16.5. The molecular formula is C13H18O3. The third-order valence-electron chi connectivity index (χ3n) is 2.36. The fourth-order valence-electron chi connectivity index (χ4n) is 1.36. The molecule has 0 aliphatic rings. The summed E-state index contributed by atoms with van der Waals surface area (Å²) in [7, 11) is 0. The fraction of sp³-hybridized carbons (Fsp3) is 0.462. The van der Waals surface area contributed by atoms with Crippen molar-refractivity contribution in [2.45, 2.75) is 33.1 Å². The van der Waals surface area contributed by atoms with Crippen molar-refractivity contribution >= 4 is 5.78 Å². The molecule has 0 atom stereocenters. The zero-order chi connectivity index (χ0) is 12.0. The first-order valence-electron chi connectivity index (χ1n) is 5.68. The van der Waals surface area contributed by atoms with Crippen molar-refractivity contribution in [2.24, 2.45) is 0 Å². The van der Waals surface area contributed by atoms with Crippen LogP contribution in [0.5, 0.6) is 11.5 Å². The third-order valence-corrected chi connectivity index (χ3v) is 2.36. The number of ketones is 1. The first-order chi connectivity index (χ1) is 7.69. The van der Waals surface area contributed by atoms with Gasteiger partial charge in [0, 0.05) is 12.5 Å². The van der Waals surface area contributed by atoms with Gasteiger partial charge in [-0.25, -0.2) is 0 Å². The number of carbonyl (C=O) groups is 1. The lowest BCUT2D eigenvalue weighted by Gasteiger charge is -2.07. The molecular weight excluding hydrogens is 204 g/mol. The van der Waals surface area contributed by atoms with Crippen LogP contribution in [0, 0.1) is 0 Å². The predicted molar refractivity (Wildman–Crippen MR) is 63.1 cm³/mol. The number of benzene rings is 1. The van der Waals surface area contributed by atoms with E-state index in [1.165, 1.54) is 6.07 Å². The van der Waals surface area contributed by atoms with E-state index in [4.69, 9.17) is 4.74 Å². The van der Waals surface area contributed by atoms with Crippen LogP contribution in [0.4, 0.5) is 0 Å². The zero-order valence-corrected chi connectivity index (χ0v) is 9.82. The van der Waals surface area contributed by atoms with Gasteiger partial charge >= 0.3 is 0 Å². The summed E-state index contributed by atoms with van der Waals surface area (Å²) in [6.45, 7) is 4.49. The molecule has 0 heterocycles. The number of hydrogen-bond donors (Lipinski definition) is 1. The molecule has 0 aliphatic carbocycles. The van der Waals surface area contributed by atoms with E-state index in [1.807, 2.05) is 0 Å². The van der Waals surface area contributed by atoms with Crippen LogP contribution in [0.1, 0.15) is 43.5 Å². The van der Waals surface area contributed by atoms with E-state index in [0.29, 0.717) is 24.3 Å². The summed E-state index contributed by atoms with van der Waals surface area (Å²) in [6.07, 6.45) is 2.44. The van der Waals surface area contributed by atoms with Gasteiger partial charge in [0.05, 0.1) is 12.2 Å². The lowest BCUT2D eigenvalue weighted by Crippen LogP contribution is -1.99. The Morgan fingerprint density at radius 1 is 1.38 bits per heavy atom. The van der Waals surface area contributed by atoms with E-state index in [1.54, 1.807) is 19.1 Å². The van der Waals surface area contributed by atoms with Crippen molar-refractivity contribution in [3.63, 3.8) is 0 Å². The molecule has 1 rings (SSSR count). The highest BCUT2D eigenvalue weighted by Gasteiger charge is 2.09. The number of unbranched alkanes of at least 4 members (excludes halogenated alkanes) is 1. The summed E-state index contributed by atoms with van der Waals surface area (Å²) in [5.41, 5.74) is 0.366. The van der Waals surface area contributed by atoms with E-state index >= 15 is 0 Å². The van der Waals surface area contributed by atoms with Crippen molar-refractivity contribution in [2.75, 3.05) is 6.61 Å². The standard InChI is InChI=1S/C13H18O3/c1-3-5-8-16-10-6-7-11(12(14)4-2)13(15)9-10/h6-7,9,15H,3-5,8H2,1-2H3. The molecule has 88 valence electrons. The number of aromatic hydroxyl groups is 1. The average molecular weight is 222 g/mol. The van der Waals surface area contributed by atoms with E-state index in [0.717, 1.165) is 12.8 Å². The van der Waals surface area contributed by atoms with Crippen LogP contribution >= 0.6 is 0 Å². The molecule has 16 heavy (non-hydrogen) atoms. The maximum Gasteiger partial charge on any atom is 0.166 e. The Morgan fingerprint density at radius 3 is 2.69 bits per heavy atom. The number of phenols is 1. The molecule has 1 aromatic rings. The number of carbonyl (C=O) groups excluding carboxylic acids is 1. The van der Waals surface area contributed by atoms with E-state index < -0.39 is 0 Å². The van der Waals surface area contributed by atoms with Gasteiger partial charge in [-0.15, -0.1) is 0 Å². The van der Waals surface area contributed by atoms with Gasteiger partial charge in [0.25, 0.3) is 0 Å². The third kappa shape index (κ3) is 3.26. The molecule has 0 radical (unpaired) electrons. The molecule has 3 heteroatoms. The Kier molecular flexibility index (Phi) is 4.83. The molecule has 0 aromatic heterocycles. The van der Waals surface area contributed by atoms with Gasteiger partial charge in [-0.05, 0) is 18.6 Å². The molecule has 1 N–H and O–H groups in total. The van der Waals surface area contributed by atoms with Crippen LogP contribution in [-0.4, -0.2) is 17.5 Å². The van der Waals surface area contributed by atoms with Crippen LogP contribution in [0.2, 0.25) is 0 Å². The van der Waals surface area contributed by atoms with Crippen LogP contribution in [-0.2, 0) is 0 Å². The monoisotopic (exact) mass is 222 g/mol. The molecule has 0 saturated carbocycles. The second-order valence-corrected chi connectivity index (χ2v) is 3.66. The van der Waals surface area contributed by atoms with Crippen molar-refractivity contribution in [1.82, 2.24) is 0 Å². The van der Waals surface area contributed by atoms with Crippen molar-refractivity contribution < 1.29 is 14.6 Å². The van der Waals surface area contributed by atoms with E-state index in [2.05, 4.69) is 6.92 Å². The Morgan fingerprint density at radius 2 is 2.12 bits per heavy atom. The minimum absolute atomic E-state index is 0.000786. The van der Waals surface area contributed by atoms with Gasteiger partial charge in [0.2, 0.25) is 0 Å². The summed E-state index contributed by atoms with van der Waals surface area (Å²) < 4.78 is 5.42. The van der Waals surface area contributed by atoms with Gasteiger partial charge in [0.15, 0.2) is 5.78 Å². The molecule has 0 bridgehead atoms. The van der Waals surface area contributed by atoms with E-state index in [9.17, 15) is 9.90 Å². The first-order valence-corrected chi connectivity index (χ1v) is 5.68. The second kappa shape index (κ2) is 6.16. The number of ether oxygens (including phenoxy) is 1. The SMILES string of the molecule is CCCCOc1ccc(C(=O)CC)c(O)c1. The molecule has 0 saturated heterocycles. The number of hydrogen-bond acceptors (Lipinski definition) is 3. The normalized spacial score (nSPS) is 10.1. The second-order valence-electron chi connectivity index (χ2n) is 3.66. The molecule has 0 spiro atoms. The van der Waals surface area contributed by atoms with Crippen molar-refractivity contribution in [3.8, 4) is 11.5 Å². The molecule has 0 unspecified atom stereocenters. The zero-order valence-electron chi connectivity index (χ0n) is 9.82. The molecule has 0 fully saturated rings. The smallest absolute Gasteiger partial charge is 0.166 e. The molecule has 1 aromatic carbocycles. The lowest BCUT2D eigenvalue weighted by atomic mass is 10.1. The summed E-state index contributed by atoms with van der Waals surface area (Å²) in [4.78, 5) is 11.4. The van der Waals surface area contributed by atoms with Crippen molar-refractivity contribution in [3.05, 3.63) is 23.8 Å². The Balaban J connectivity index is 2.71. The summed E-state index contributed by atoms with van der Waals surface area (Å²) in [6, 6.07) is 4.83. The van der Waals surface area contributed by atoms with Gasteiger partial charge in [-0.1, -0.05) is 20.3 Å². The lowest BCUT2D eigenvalue weighted by molar-refractivity contribution is 0.0985. The summed E-state index contributed by atoms with van der Waals surface area (Å²) in [5, 5.41) is 9.65. The highest BCUT2D eigenvalue weighted by Crippen LogP contribution is 2.24. The largest absolute Gasteiger partial charge is 0.507 e. The quantitative estimate of drug-likeness (QED) is 0.594. The van der Waals surface area contributed by atoms with Crippen LogP contribution in [0.3, 0.4) is 0 Å². The minimum Gasteiger partial charge on any atom is -0.507 e. The van der Waals surface area contributed by atoms with Crippen LogP contribution < -0.4 is 4.74 Å². The topological polar surface area (TPSA) is 46.5 Å². The van der Waals surface area contributed by atoms with E-state index in [-0.39, 0.29) is 11.5 Å². The maximum absolute atomic E-state index is 11.4. The van der Waals surface area contributed by atoms with Crippen LogP contribution in [0.15, 0.2) is 18.2 Å². The number of phenolic OH excluding ortho intramolecular Hbond substituents is 1. The fourth-order valence-corrected chi connectivity index (χ4v) is 1.36.